The van der Waals surface area contributed by atoms with Gasteiger partial charge in [-0.25, -0.2) is 0 Å². The van der Waals surface area contributed by atoms with Crippen molar-refractivity contribution in [3.05, 3.63) is 59.3 Å². The van der Waals surface area contributed by atoms with Crippen molar-refractivity contribution in [2.45, 2.75) is 84.1 Å². The van der Waals surface area contributed by atoms with Gasteiger partial charge < -0.3 is 20.1 Å². The van der Waals surface area contributed by atoms with Crippen LogP contribution >= 0.6 is 0 Å². The van der Waals surface area contributed by atoms with Crippen molar-refractivity contribution in [1.82, 2.24) is 10.3 Å². The number of amides is 1. The summed E-state index contributed by atoms with van der Waals surface area (Å²) in [6.45, 7) is 4.11. The van der Waals surface area contributed by atoms with Gasteiger partial charge in [-0.2, -0.15) is 0 Å². The van der Waals surface area contributed by atoms with Crippen molar-refractivity contribution in [1.29, 1.82) is 0 Å². The Hall–Kier alpha value is -3.28. The van der Waals surface area contributed by atoms with Crippen LogP contribution in [-0.2, 0) is 24.2 Å². The van der Waals surface area contributed by atoms with Crippen molar-refractivity contribution in [3.8, 4) is 11.5 Å². The number of rotatable bonds is 15. The lowest BCUT2D eigenvalue weighted by Crippen LogP contribution is -2.22. The number of aromatic nitrogens is 1. The van der Waals surface area contributed by atoms with Crippen LogP contribution in [0.15, 0.2) is 42.5 Å². The molecule has 0 unspecified atom stereocenters. The Morgan fingerprint density at radius 1 is 0.974 bits per heavy atom. The third-order valence-electron chi connectivity index (χ3n) is 7.27. The molecule has 2 aromatic carbocycles. The van der Waals surface area contributed by atoms with Gasteiger partial charge >= 0.3 is 0 Å². The van der Waals surface area contributed by atoms with Crippen LogP contribution in [0.3, 0.4) is 0 Å². The van der Waals surface area contributed by atoms with Gasteiger partial charge in [0.2, 0.25) is 5.91 Å². The van der Waals surface area contributed by atoms with Crippen LogP contribution in [0, 0.1) is 0 Å². The first kappa shape index (κ1) is 27.7. The van der Waals surface area contributed by atoms with E-state index in [1.165, 1.54) is 54.4 Å². The van der Waals surface area contributed by atoms with E-state index in [2.05, 4.69) is 41.8 Å². The maximum atomic E-state index is 12.2. The highest BCUT2D eigenvalue weighted by Crippen LogP contribution is 2.33. The van der Waals surface area contributed by atoms with E-state index in [1.54, 1.807) is 7.11 Å². The molecular formula is C32H43N3O3. The number of fused-ring (bicyclic) bond motifs is 2. The number of carbonyl (C=O) groups excluding carboxylic acids is 1. The van der Waals surface area contributed by atoms with Gasteiger partial charge in [-0.05, 0) is 67.9 Å². The van der Waals surface area contributed by atoms with Crippen LogP contribution < -0.4 is 20.1 Å². The van der Waals surface area contributed by atoms with Crippen molar-refractivity contribution < 1.29 is 14.3 Å². The molecule has 0 fully saturated rings. The van der Waals surface area contributed by atoms with Crippen molar-refractivity contribution in [2.75, 3.05) is 25.6 Å². The predicted molar refractivity (Wildman–Crippen MR) is 155 cm³/mol. The molecular weight excluding hydrogens is 474 g/mol. The molecule has 6 nitrogen and oxygen atoms in total. The highest BCUT2D eigenvalue weighted by atomic mass is 16.5. The minimum Gasteiger partial charge on any atom is -0.493 e. The molecule has 204 valence electrons. The molecule has 4 rings (SSSR count). The predicted octanol–water partition coefficient (Wildman–Crippen LogP) is 6.98. The molecule has 38 heavy (non-hydrogen) atoms. The second kappa shape index (κ2) is 14.6. The fourth-order valence-electron chi connectivity index (χ4n) is 5.16. The molecule has 1 aromatic heterocycles. The van der Waals surface area contributed by atoms with E-state index < -0.39 is 0 Å². The minimum absolute atomic E-state index is 0.108. The smallest absolute Gasteiger partial charge is 0.220 e. The molecule has 0 saturated carbocycles. The van der Waals surface area contributed by atoms with Gasteiger partial charge in [0.1, 0.15) is 0 Å². The summed E-state index contributed by atoms with van der Waals surface area (Å²) < 4.78 is 11.6. The number of nitrogens with zero attached hydrogens (tertiary/aromatic N) is 1. The van der Waals surface area contributed by atoms with Crippen molar-refractivity contribution >= 4 is 22.5 Å². The molecule has 3 aromatic rings. The summed E-state index contributed by atoms with van der Waals surface area (Å²) in [4.78, 5) is 17.1. The largest absolute Gasteiger partial charge is 0.493 e. The zero-order chi connectivity index (χ0) is 26.6. The lowest BCUT2D eigenvalue weighted by Gasteiger charge is -2.21. The maximum Gasteiger partial charge on any atom is 0.220 e. The van der Waals surface area contributed by atoms with E-state index in [9.17, 15) is 4.79 Å². The van der Waals surface area contributed by atoms with Gasteiger partial charge in [-0.3, -0.25) is 9.78 Å². The number of aryl methyl sites for hydroxylation is 1. The second-order valence-corrected chi connectivity index (χ2v) is 10.2. The molecule has 6 heteroatoms. The maximum absolute atomic E-state index is 12.2. The third-order valence-corrected chi connectivity index (χ3v) is 7.27. The first-order valence-corrected chi connectivity index (χ1v) is 14.4. The average molecular weight is 518 g/mol. The van der Waals surface area contributed by atoms with Gasteiger partial charge in [0.25, 0.3) is 0 Å². The van der Waals surface area contributed by atoms with Crippen LogP contribution in [-0.4, -0.2) is 31.2 Å². The number of ether oxygens (including phenoxy) is 2. The number of para-hydroxylation sites is 1. The summed E-state index contributed by atoms with van der Waals surface area (Å²) in [5.74, 6) is 1.53. The summed E-state index contributed by atoms with van der Waals surface area (Å²) >= 11 is 0. The number of carbonyl (C=O) groups is 1. The minimum atomic E-state index is 0.108. The number of nitrogens with one attached hydrogen (secondary N) is 2. The molecule has 0 saturated heterocycles. The molecule has 1 heterocycles. The van der Waals surface area contributed by atoms with Gasteiger partial charge in [0, 0.05) is 36.3 Å². The number of unbranched alkanes of at least 4 members (excludes halogenated alkanes) is 4. The number of hydrogen-bond donors (Lipinski definition) is 2. The number of benzene rings is 2. The van der Waals surface area contributed by atoms with E-state index in [0.29, 0.717) is 25.3 Å². The molecule has 1 amide bonds. The molecule has 0 spiro atoms. The number of hydrogen-bond acceptors (Lipinski definition) is 5. The highest BCUT2D eigenvalue weighted by molar-refractivity contribution is 5.93. The fraction of sp³-hybridized carbons (Fsp3) is 0.500. The summed E-state index contributed by atoms with van der Waals surface area (Å²) in [5.41, 5.74) is 5.96. The SMILES string of the molecule is CCCCCCCC(=O)NCc1ccc(OCCCNc2c3c(nc4ccccc24)CCCC3)c(OC)c1. The monoisotopic (exact) mass is 517 g/mol. The Labute approximate surface area is 227 Å². The Kier molecular flexibility index (Phi) is 10.7. The lowest BCUT2D eigenvalue weighted by atomic mass is 9.92. The Balaban J connectivity index is 1.24. The summed E-state index contributed by atoms with van der Waals surface area (Å²) in [6.07, 6.45) is 11.8. The molecule has 0 bridgehead atoms. The summed E-state index contributed by atoms with van der Waals surface area (Å²) in [5, 5.41) is 7.93. The van der Waals surface area contributed by atoms with Gasteiger partial charge in [0.15, 0.2) is 11.5 Å². The van der Waals surface area contributed by atoms with E-state index in [1.807, 2.05) is 18.2 Å². The van der Waals surface area contributed by atoms with Crippen LogP contribution in [0.2, 0.25) is 0 Å². The quantitative estimate of drug-likeness (QED) is 0.213. The zero-order valence-electron chi connectivity index (χ0n) is 23.1. The number of pyridine rings is 1. The zero-order valence-corrected chi connectivity index (χ0v) is 23.1. The van der Waals surface area contributed by atoms with Crippen LogP contribution in [0.5, 0.6) is 11.5 Å². The fourth-order valence-corrected chi connectivity index (χ4v) is 5.16. The normalized spacial score (nSPS) is 12.7. The Morgan fingerprint density at radius 3 is 2.68 bits per heavy atom. The summed E-state index contributed by atoms with van der Waals surface area (Å²) in [6, 6.07) is 14.3. The van der Waals surface area contributed by atoms with Gasteiger partial charge in [-0.15, -0.1) is 0 Å². The Bertz CT molecular complexity index is 1190. The standard InChI is InChI=1S/C32H43N3O3/c1-3-4-5-6-7-17-31(36)34-23-24-18-19-29(30(22-24)37-2)38-21-12-20-33-32-25-13-8-10-15-27(25)35-28-16-11-9-14-26(28)32/h8,10,13,15,18-19,22H,3-7,9,11-12,14,16-17,20-21,23H2,1-2H3,(H,33,35)(H,34,36). The van der Waals surface area contributed by atoms with Crippen LogP contribution in [0.1, 0.15) is 81.5 Å². The number of methoxy groups -OCH3 is 1. The highest BCUT2D eigenvalue weighted by Gasteiger charge is 2.17. The van der Waals surface area contributed by atoms with E-state index in [4.69, 9.17) is 14.5 Å². The van der Waals surface area contributed by atoms with Crippen LogP contribution in [0.4, 0.5) is 5.69 Å². The molecule has 0 atom stereocenters. The van der Waals surface area contributed by atoms with Crippen molar-refractivity contribution in [2.24, 2.45) is 0 Å². The van der Waals surface area contributed by atoms with Gasteiger partial charge in [-0.1, -0.05) is 56.9 Å². The third kappa shape index (κ3) is 7.62. The van der Waals surface area contributed by atoms with E-state index >= 15 is 0 Å². The van der Waals surface area contributed by atoms with Gasteiger partial charge in [0.05, 0.1) is 19.2 Å². The van der Waals surface area contributed by atoms with E-state index in [0.717, 1.165) is 55.5 Å². The molecule has 1 aliphatic carbocycles. The first-order chi connectivity index (χ1) is 18.7. The van der Waals surface area contributed by atoms with Crippen molar-refractivity contribution in [3.63, 3.8) is 0 Å². The topological polar surface area (TPSA) is 72.5 Å². The molecule has 2 N–H and O–H groups in total. The molecule has 0 aliphatic heterocycles. The average Bonchev–Trinajstić information content (AvgIpc) is 2.95. The van der Waals surface area contributed by atoms with E-state index in [-0.39, 0.29) is 5.91 Å². The molecule has 0 radical (unpaired) electrons. The summed E-state index contributed by atoms with van der Waals surface area (Å²) in [7, 11) is 1.65. The first-order valence-electron chi connectivity index (χ1n) is 14.4. The number of anilines is 1. The molecule has 1 aliphatic rings. The van der Waals surface area contributed by atoms with Crippen LogP contribution in [0.25, 0.3) is 10.9 Å². The lowest BCUT2D eigenvalue weighted by molar-refractivity contribution is -0.121. The second-order valence-electron chi connectivity index (χ2n) is 10.2. The Morgan fingerprint density at radius 2 is 1.82 bits per heavy atom.